The van der Waals surface area contributed by atoms with Gasteiger partial charge < -0.3 is 15.0 Å². The van der Waals surface area contributed by atoms with Gasteiger partial charge in [-0.2, -0.15) is 0 Å². The molecule has 2 aromatic rings. The van der Waals surface area contributed by atoms with Gasteiger partial charge in [0, 0.05) is 31.4 Å². The molecule has 0 unspecified atom stereocenters. The fourth-order valence-corrected chi connectivity index (χ4v) is 2.59. The quantitative estimate of drug-likeness (QED) is 0.880. The van der Waals surface area contributed by atoms with Crippen LogP contribution in [0.25, 0.3) is 0 Å². The molecular formula is C18H24N2O. The maximum Gasteiger partial charge on any atom is 0.123 e. The summed E-state index contributed by atoms with van der Waals surface area (Å²) in [6, 6.07) is 14.8. The van der Waals surface area contributed by atoms with Gasteiger partial charge in [-0.15, -0.1) is 0 Å². The van der Waals surface area contributed by atoms with E-state index in [0.717, 1.165) is 18.8 Å². The van der Waals surface area contributed by atoms with Crippen molar-refractivity contribution in [2.45, 2.75) is 20.0 Å². The fourth-order valence-electron chi connectivity index (χ4n) is 2.59. The number of hydrogen-bond acceptors (Lipinski definition) is 3. The largest absolute Gasteiger partial charge is 0.496 e. The number of nitrogens with zero attached hydrogens (tertiary/aromatic N) is 1. The number of benzene rings is 2. The van der Waals surface area contributed by atoms with E-state index in [-0.39, 0.29) is 0 Å². The molecule has 0 aliphatic carbocycles. The molecule has 2 aromatic carbocycles. The van der Waals surface area contributed by atoms with Crippen LogP contribution in [-0.4, -0.2) is 21.2 Å². The number of hydrogen-bond donors (Lipinski definition) is 1. The van der Waals surface area contributed by atoms with Gasteiger partial charge in [-0.25, -0.2) is 0 Å². The van der Waals surface area contributed by atoms with Crippen LogP contribution in [-0.2, 0) is 13.1 Å². The Kier molecular flexibility index (Phi) is 5.23. The number of nitrogens with one attached hydrogen (secondary N) is 1. The van der Waals surface area contributed by atoms with Crippen LogP contribution in [0.2, 0.25) is 0 Å². The summed E-state index contributed by atoms with van der Waals surface area (Å²) < 4.78 is 5.44. The minimum Gasteiger partial charge on any atom is -0.496 e. The predicted molar refractivity (Wildman–Crippen MR) is 89.0 cm³/mol. The molecule has 0 aliphatic heterocycles. The summed E-state index contributed by atoms with van der Waals surface area (Å²) in [7, 11) is 5.82. The van der Waals surface area contributed by atoms with E-state index in [2.05, 4.69) is 54.5 Å². The van der Waals surface area contributed by atoms with Gasteiger partial charge in [0.1, 0.15) is 5.75 Å². The summed E-state index contributed by atoms with van der Waals surface area (Å²) in [6.07, 6.45) is 0. The third-order valence-corrected chi connectivity index (χ3v) is 3.61. The topological polar surface area (TPSA) is 24.5 Å². The molecule has 0 saturated carbocycles. The number of methoxy groups -OCH3 is 1. The zero-order chi connectivity index (χ0) is 15.2. The lowest BCUT2D eigenvalue weighted by Gasteiger charge is -2.24. The molecule has 0 radical (unpaired) electrons. The summed E-state index contributed by atoms with van der Waals surface area (Å²) in [4.78, 5) is 2.27. The summed E-state index contributed by atoms with van der Waals surface area (Å²) in [5.74, 6) is 0.937. The molecule has 1 N–H and O–H groups in total. The Hall–Kier alpha value is -2.00. The summed E-state index contributed by atoms with van der Waals surface area (Å²) >= 11 is 0. The van der Waals surface area contributed by atoms with Crippen molar-refractivity contribution >= 4 is 5.69 Å². The van der Waals surface area contributed by atoms with Gasteiger partial charge in [0.15, 0.2) is 0 Å². The van der Waals surface area contributed by atoms with Crippen LogP contribution in [0.5, 0.6) is 5.75 Å². The highest BCUT2D eigenvalue weighted by Gasteiger charge is 2.10. The number of ether oxygens (including phenoxy) is 1. The SMILES string of the molecule is CNCc1cc(C)ccc1N(C)Cc1ccccc1OC. The Morgan fingerprint density at radius 2 is 1.86 bits per heavy atom. The lowest BCUT2D eigenvalue weighted by Crippen LogP contribution is -2.20. The maximum absolute atomic E-state index is 5.44. The van der Waals surface area contributed by atoms with Crippen molar-refractivity contribution in [1.82, 2.24) is 5.32 Å². The number of rotatable bonds is 6. The lowest BCUT2D eigenvalue weighted by molar-refractivity contribution is 0.409. The Morgan fingerprint density at radius 1 is 1.10 bits per heavy atom. The van der Waals surface area contributed by atoms with Gasteiger partial charge >= 0.3 is 0 Å². The maximum atomic E-state index is 5.44. The first kappa shape index (κ1) is 15.4. The number of para-hydroxylation sites is 1. The molecule has 0 heterocycles. The van der Waals surface area contributed by atoms with Crippen molar-refractivity contribution in [2.24, 2.45) is 0 Å². The number of anilines is 1. The third-order valence-electron chi connectivity index (χ3n) is 3.61. The van der Waals surface area contributed by atoms with Crippen molar-refractivity contribution < 1.29 is 4.74 Å². The normalized spacial score (nSPS) is 10.5. The fraction of sp³-hybridized carbons (Fsp3) is 0.333. The van der Waals surface area contributed by atoms with Crippen LogP contribution in [0, 0.1) is 6.92 Å². The van der Waals surface area contributed by atoms with E-state index in [1.54, 1.807) is 7.11 Å². The first-order valence-corrected chi connectivity index (χ1v) is 7.23. The van der Waals surface area contributed by atoms with Crippen molar-refractivity contribution in [3.05, 3.63) is 59.2 Å². The summed E-state index contributed by atoms with van der Waals surface area (Å²) in [5.41, 5.74) is 5.05. The molecular weight excluding hydrogens is 260 g/mol. The molecule has 0 amide bonds. The van der Waals surface area contributed by atoms with Crippen LogP contribution < -0.4 is 15.0 Å². The van der Waals surface area contributed by atoms with Gasteiger partial charge in [-0.3, -0.25) is 0 Å². The van der Waals surface area contributed by atoms with E-state index < -0.39 is 0 Å². The van der Waals surface area contributed by atoms with E-state index in [9.17, 15) is 0 Å². The predicted octanol–water partition coefficient (Wildman–Crippen LogP) is 3.36. The molecule has 3 heteroatoms. The standard InChI is InChI=1S/C18H24N2O/c1-14-9-10-17(16(11-14)12-19-2)20(3)13-15-7-5-6-8-18(15)21-4/h5-11,19H,12-13H2,1-4H3. The molecule has 0 fully saturated rings. The van der Waals surface area contributed by atoms with E-state index in [4.69, 9.17) is 4.74 Å². The zero-order valence-corrected chi connectivity index (χ0v) is 13.3. The van der Waals surface area contributed by atoms with Crippen molar-refractivity contribution in [1.29, 1.82) is 0 Å². The average molecular weight is 284 g/mol. The highest BCUT2D eigenvalue weighted by molar-refractivity contribution is 5.55. The molecule has 0 aliphatic rings. The summed E-state index contributed by atoms with van der Waals surface area (Å²) in [6.45, 7) is 3.82. The first-order chi connectivity index (χ1) is 10.2. The number of aryl methyl sites for hydroxylation is 1. The van der Waals surface area contributed by atoms with Crippen molar-refractivity contribution in [3.63, 3.8) is 0 Å². The Morgan fingerprint density at radius 3 is 2.57 bits per heavy atom. The van der Waals surface area contributed by atoms with Crippen molar-refractivity contribution in [3.8, 4) is 5.75 Å². The molecule has 21 heavy (non-hydrogen) atoms. The molecule has 0 atom stereocenters. The Labute approximate surface area is 127 Å². The zero-order valence-electron chi connectivity index (χ0n) is 13.3. The van der Waals surface area contributed by atoms with Crippen LogP contribution in [0.3, 0.4) is 0 Å². The monoisotopic (exact) mass is 284 g/mol. The molecule has 2 rings (SSSR count). The minimum atomic E-state index is 0.823. The second-order valence-corrected chi connectivity index (χ2v) is 5.33. The molecule has 0 spiro atoms. The third kappa shape index (κ3) is 3.76. The molecule has 0 aromatic heterocycles. The molecule has 0 saturated heterocycles. The van der Waals surface area contributed by atoms with E-state index in [0.29, 0.717) is 0 Å². The lowest BCUT2D eigenvalue weighted by atomic mass is 10.1. The van der Waals surface area contributed by atoms with Crippen LogP contribution in [0.1, 0.15) is 16.7 Å². The second-order valence-electron chi connectivity index (χ2n) is 5.33. The van der Waals surface area contributed by atoms with Crippen LogP contribution >= 0.6 is 0 Å². The molecule has 0 bridgehead atoms. The van der Waals surface area contributed by atoms with Crippen molar-refractivity contribution in [2.75, 3.05) is 26.1 Å². The Bertz CT molecular complexity index is 596. The van der Waals surface area contributed by atoms with Gasteiger partial charge in [0.05, 0.1) is 7.11 Å². The van der Waals surface area contributed by atoms with Gasteiger partial charge in [0.25, 0.3) is 0 Å². The van der Waals surface area contributed by atoms with Gasteiger partial charge in [-0.05, 0) is 31.7 Å². The van der Waals surface area contributed by atoms with E-state index in [1.807, 2.05) is 19.2 Å². The van der Waals surface area contributed by atoms with Crippen LogP contribution in [0.15, 0.2) is 42.5 Å². The second kappa shape index (κ2) is 7.14. The molecule has 3 nitrogen and oxygen atoms in total. The van der Waals surface area contributed by atoms with Crippen LogP contribution in [0.4, 0.5) is 5.69 Å². The highest BCUT2D eigenvalue weighted by atomic mass is 16.5. The van der Waals surface area contributed by atoms with Gasteiger partial charge in [-0.1, -0.05) is 35.9 Å². The minimum absolute atomic E-state index is 0.823. The first-order valence-electron chi connectivity index (χ1n) is 7.23. The average Bonchev–Trinajstić information content (AvgIpc) is 2.48. The smallest absolute Gasteiger partial charge is 0.123 e. The summed E-state index contributed by atoms with van der Waals surface area (Å²) in [5, 5.41) is 3.24. The highest BCUT2D eigenvalue weighted by Crippen LogP contribution is 2.25. The Balaban J connectivity index is 2.25. The van der Waals surface area contributed by atoms with Gasteiger partial charge in [0.2, 0.25) is 0 Å². The molecule has 112 valence electrons. The van der Waals surface area contributed by atoms with E-state index in [1.165, 1.54) is 22.4 Å². The van der Waals surface area contributed by atoms with E-state index >= 15 is 0 Å².